The number of nitrogens with zero attached hydrogens (tertiary/aromatic N) is 1. The normalized spacial score (nSPS) is 19.0. The molecule has 1 amide bonds. The Hall–Kier alpha value is -0.570. The lowest BCUT2D eigenvalue weighted by molar-refractivity contribution is -0.131. The zero-order valence-electron chi connectivity index (χ0n) is 9.55. The zero-order valence-corrected chi connectivity index (χ0v) is 9.55. The number of carbonyl (C=O) groups excluding carboxylic acids is 1. The van der Waals surface area contributed by atoms with Gasteiger partial charge in [0.15, 0.2) is 0 Å². The quantitative estimate of drug-likeness (QED) is 0.743. The molecule has 82 valence electrons. The van der Waals surface area contributed by atoms with E-state index in [-0.39, 0.29) is 0 Å². The maximum absolute atomic E-state index is 11.4. The van der Waals surface area contributed by atoms with Crippen molar-refractivity contribution in [3.8, 4) is 0 Å². The van der Waals surface area contributed by atoms with E-state index < -0.39 is 0 Å². The summed E-state index contributed by atoms with van der Waals surface area (Å²) in [5.74, 6) is 0.299. The van der Waals surface area contributed by atoms with Gasteiger partial charge in [-0.2, -0.15) is 0 Å². The molecule has 14 heavy (non-hydrogen) atoms. The fraction of sp³-hybridized carbons (Fsp3) is 0.909. The number of piperidine rings is 1. The fourth-order valence-corrected chi connectivity index (χ4v) is 1.99. The van der Waals surface area contributed by atoms with Crippen LogP contribution in [0.2, 0.25) is 0 Å². The Morgan fingerprint density at radius 3 is 2.43 bits per heavy atom. The summed E-state index contributed by atoms with van der Waals surface area (Å²) in [5, 5.41) is 3.52. The van der Waals surface area contributed by atoms with Gasteiger partial charge in [0.25, 0.3) is 0 Å². The molecular formula is C11H22N2O. The van der Waals surface area contributed by atoms with Gasteiger partial charge < -0.3 is 10.2 Å². The Bertz CT molecular complexity index is 184. The number of amides is 1. The maximum Gasteiger partial charge on any atom is 0.222 e. The molecule has 1 heterocycles. The van der Waals surface area contributed by atoms with Gasteiger partial charge in [-0.05, 0) is 12.8 Å². The first kappa shape index (κ1) is 11.5. The third kappa shape index (κ3) is 3.29. The van der Waals surface area contributed by atoms with Crippen LogP contribution in [-0.2, 0) is 4.79 Å². The Morgan fingerprint density at radius 1 is 1.43 bits per heavy atom. The van der Waals surface area contributed by atoms with E-state index in [0.29, 0.717) is 24.4 Å². The van der Waals surface area contributed by atoms with Crippen molar-refractivity contribution in [3.63, 3.8) is 0 Å². The summed E-state index contributed by atoms with van der Waals surface area (Å²) in [6, 6.07) is 1.16. The maximum atomic E-state index is 11.4. The molecule has 0 aromatic heterocycles. The topological polar surface area (TPSA) is 32.3 Å². The van der Waals surface area contributed by atoms with Gasteiger partial charge in [0.05, 0.1) is 0 Å². The number of carbonyl (C=O) groups is 1. The minimum Gasteiger partial charge on any atom is -0.343 e. The lowest BCUT2D eigenvalue weighted by Gasteiger charge is -2.33. The van der Waals surface area contributed by atoms with Crippen LogP contribution >= 0.6 is 0 Å². The molecule has 1 N–H and O–H groups in total. The van der Waals surface area contributed by atoms with Crippen LogP contribution in [0.3, 0.4) is 0 Å². The summed E-state index contributed by atoms with van der Waals surface area (Å²) in [4.78, 5) is 13.4. The van der Waals surface area contributed by atoms with Crippen molar-refractivity contribution in [2.75, 3.05) is 13.1 Å². The molecule has 0 radical (unpaired) electrons. The lowest BCUT2D eigenvalue weighted by Crippen LogP contribution is -2.46. The smallest absolute Gasteiger partial charge is 0.222 e. The molecule has 0 aliphatic carbocycles. The van der Waals surface area contributed by atoms with E-state index in [1.807, 2.05) is 11.8 Å². The highest BCUT2D eigenvalue weighted by atomic mass is 16.2. The number of rotatable bonds is 3. The van der Waals surface area contributed by atoms with Crippen LogP contribution in [0.15, 0.2) is 0 Å². The Kier molecular flexibility index (Phi) is 4.39. The van der Waals surface area contributed by atoms with Crippen molar-refractivity contribution in [2.45, 2.75) is 52.1 Å². The highest BCUT2D eigenvalue weighted by Gasteiger charge is 2.21. The zero-order chi connectivity index (χ0) is 10.6. The van der Waals surface area contributed by atoms with E-state index in [1.165, 1.54) is 0 Å². The molecule has 3 heteroatoms. The SMILES string of the molecule is CCC(=O)N1CCC(NC(C)C)CC1. The van der Waals surface area contributed by atoms with Crippen molar-refractivity contribution >= 4 is 5.91 Å². The second-order valence-electron chi connectivity index (χ2n) is 4.33. The minimum atomic E-state index is 0.299. The first-order valence-corrected chi connectivity index (χ1v) is 5.67. The summed E-state index contributed by atoms with van der Waals surface area (Å²) in [7, 11) is 0. The first-order valence-electron chi connectivity index (χ1n) is 5.67. The summed E-state index contributed by atoms with van der Waals surface area (Å²) in [5.41, 5.74) is 0. The summed E-state index contributed by atoms with van der Waals surface area (Å²) >= 11 is 0. The monoisotopic (exact) mass is 198 g/mol. The van der Waals surface area contributed by atoms with E-state index in [2.05, 4.69) is 19.2 Å². The molecule has 1 aliphatic heterocycles. The van der Waals surface area contributed by atoms with Gasteiger partial charge in [-0.3, -0.25) is 4.79 Å². The van der Waals surface area contributed by atoms with Gasteiger partial charge in [0.1, 0.15) is 0 Å². The standard InChI is InChI=1S/C11H22N2O/c1-4-11(14)13-7-5-10(6-8-13)12-9(2)3/h9-10,12H,4-8H2,1-3H3. The molecule has 0 aromatic carbocycles. The van der Waals surface area contributed by atoms with Crippen LogP contribution in [0.25, 0.3) is 0 Å². The average molecular weight is 198 g/mol. The Morgan fingerprint density at radius 2 is 2.00 bits per heavy atom. The summed E-state index contributed by atoms with van der Waals surface area (Å²) < 4.78 is 0. The van der Waals surface area contributed by atoms with Gasteiger partial charge in [0.2, 0.25) is 5.91 Å². The van der Waals surface area contributed by atoms with E-state index in [9.17, 15) is 4.79 Å². The van der Waals surface area contributed by atoms with Crippen molar-refractivity contribution < 1.29 is 4.79 Å². The number of nitrogens with one attached hydrogen (secondary N) is 1. The Balaban J connectivity index is 2.27. The van der Waals surface area contributed by atoms with Gasteiger partial charge in [0, 0.05) is 31.6 Å². The highest BCUT2D eigenvalue weighted by Crippen LogP contribution is 2.11. The van der Waals surface area contributed by atoms with Gasteiger partial charge >= 0.3 is 0 Å². The molecule has 0 saturated carbocycles. The number of likely N-dealkylation sites (tertiary alicyclic amines) is 1. The predicted octanol–water partition coefficient (Wildman–Crippen LogP) is 1.39. The van der Waals surface area contributed by atoms with Gasteiger partial charge in [-0.15, -0.1) is 0 Å². The van der Waals surface area contributed by atoms with E-state index in [4.69, 9.17) is 0 Å². The molecule has 0 atom stereocenters. The molecule has 0 spiro atoms. The van der Waals surface area contributed by atoms with Crippen molar-refractivity contribution in [1.29, 1.82) is 0 Å². The van der Waals surface area contributed by atoms with Gasteiger partial charge in [-0.25, -0.2) is 0 Å². The predicted molar refractivity (Wildman–Crippen MR) is 58.2 cm³/mol. The first-order chi connectivity index (χ1) is 6.63. The second kappa shape index (κ2) is 5.35. The molecule has 3 nitrogen and oxygen atoms in total. The van der Waals surface area contributed by atoms with E-state index in [0.717, 1.165) is 25.9 Å². The molecule has 1 aliphatic rings. The Labute approximate surface area is 86.9 Å². The van der Waals surface area contributed by atoms with Crippen LogP contribution in [-0.4, -0.2) is 36.0 Å². The van der Waals surface area contributed by atoms with Crippen molar-refractivity contribution in [3.05, 3.63) is 0 Å². The van der Waals surface area contributed by atoms with Crippen LogP contribution in [0, 0.1) is 0 Å². The number of hydrogen-bond donors (Lipinski definition) is 1. The van der Waals surface area contributed by atoms with Crippen molar-refractivity contribution in [2.24, 2.45) is 0 Å². The number of hydrogen-bond acceptors (Lipinski definition) is 2. The van der Waals surface area contributed by atoms with E-state index in [1.54, 1.807) is 0 Å². The molecule has 0 aromatic rings. The fourth-order valence-electron chi connectivity index (χ4n) is 1.99. The third-order valence-electron chi connectivity index (χ3n) is 2.72. The third-order valence-corrected chi connectivity index (χ3v) is 2.72. The minimum absolute atomic E-state index is 0.299. The highest BCUT2D eigenvalue weighted by molar-refractivity contribution is 5.75. The summed E-state index contributed by atoms with van der Waals surface area (Å²) in [6.45, 7) is 8.13. The molecule has 1 saturated heterocycles. The van der Waals surface area contributed by atoms with Crippen LogP contribution in [0.1, 0.15) is 40.0 Å². The largest absolute Gasteiger partial charge is 0.343 e. The lowest BCUT2D eigenvalue weighted by atomic mass is 10.0. The summed E-state index contributed by atoms with van der Waals surface area (Å²) in [6.07, 6.45) is 2.84. The molecule has 1 rings (SSSR count). The molecule has 0 unspecified atom stereocenters. The van der Waals surface area contributed by atoms with Gasteiger partial charge in [-0.1, -0.05) is 20.8 Å². The molecular weight excluding hydrogens is 176 g/mol. The van der Waals surface area contributed by atoms with Crippen molar-refractivity contribution in [1.82, 2.24) is 10.2 Å². The van der Waals surface area contributed by atoms with Crippen LogP contribution in [0.5, 0.6) is 0 Å². The second-order valence-corrected chi connectivity index (χ2v) is 4.33. The van der Waals surface area contributed by atoms with Crippen LogP contribution < -0.4 is 5.32 Å². The average Bonchev–Trinajstić information content (AvgIpc) is 2.17. The van der Waals surface area contributed by atoms with E-state index >= 15 is 0 Å². The molecule has 0 bridgehead atoms. The van der Waals surface area contributed by atoms with Crippen LogP contribution in [0.4, 0.5) is 0 Å². The molecule has 1 fully saturated rings.